The molecular weight excluding hydrogens is 362 g/mol. The number of furan rings is 1. The van der Waals surface area contributed by atoms with Crippen LogP contribution in [0.1, 0.15) is 18.6 Å². The van der Waals surface area contributed by atoms with Crippen LogP contribution in [-0.2, 0) is 21.3 Å². The van der Waals surface area contributed by atoms with Gasteiger partial charge in [0.25, 0.3) is 10.0 Å². The molecule has 2 N–H and O–H groups in total. The van der Waals surface area contributed by atoms with Gasteiger partial charge in [-0.25, -0.2) is 13.4 Å². The van der Waals surface area contributed by atoms with Gasteiger partial charge >= 0.3 is 0 Å². The third-order valence-corrected chi connectivity index (χ3v) is 5.63. The summed E-state index contributed by atoms with van der Waals surface area (Å²) in [4.78, 5) is 2.68. The van der Waals surface area contributed by atoms with Gasteiger partial charge in [-0.15, -0.1) is 4.83 Å². The first kappa shape index (κ1) is 15.4. The number of hydrogen-bond acceptors (Lipinski definition) is 6. The maximum absolute atomic E-state index is 12.4. The summed E-state index contributed by atoms with van der Waals surface area (Å²) < 4.78 is 35.6. The Labute approximate surface area is 132 Å². The summed E-state index contributed by atoms with van der Waals surface area (Å²) in [7, 11) is -3.64. The van der Waals surface area contributed by atoms with Crippen molar-refractivity contribution in [3.05, 3.63) is 16.5 Å². The fraction of sp³-hybridized carbons (Fsp3) is 0.667. The number of morpholine rings is 1. The minimum atomic E-state index is -3.64. The van der Waals surface area contributed by atoms with E-state index in [1.54, 1.807) is 11.1 Å². The van der Waals surface area contributed by atoms with Crippen molar-refractivity contribution in [3.63, 3.8) is 0 Å². The Kier molecular flexibility index (Phi) is 4.67. The maximum atomic E-state index is 12.4. The van der Waals surface area contributed by atoms with E-state index in [0.717, 1.165) is 0 Å². The lowest BCUT2D eigenvalue weighted by Crippen LogP contribution is -2.48. The molecule has 21 heavy (non-hydrogen) atoms. The topological polar surface area (TPSA) is 83.8 Å². The molecule has 0 radical (unpaired) electrons. The Balaban J connectivity index is 1.68. The van der Waals surface area contributed by atoms with Crippen molar-refractivity contribution >= 4 is 26.0 Å². The lowest BCUT2D eigenvalue weighted by Gasteiger charge is -2.26. The lowest BCUT2D eigenvalue weighted by molar-refractivity contribution is 0.0272. The SMILES string of the molecule is O=S(=O)(NN1CCOCC1)c1cc(CNC2CC2)oc1Br. The third kappa shape index (κ3) is 4.05. The van der Waals surface area contributed by atoms with Crippen LogP contribution in [-0.4, -0.2) is 45.8 Å². The average molecular weight is 380 g/mol. The molecule has 0 spiro atoms. The molecule has 1 aromatic rings. The van der Waals surface area contributed by atoms with E-state index < -0.39 is 10.0 Å². The van der Waals surface area contributed by atoms with Gasteiger partial charge in [0, 0.05) is 25.2 Å². The molecule has 3 rings (SSSR count). The molecule has 2 fully saturated rings. The van der Waals surface area contributed by atoms with Crippen LogP contribution in [0.15, 0.2) is 20.0 Å². The van der Waals surface area contributed by atoms with Crippen LogP contribution in [0.3, 0.4) is 0 Å². The number of sulfonamides is 1. The zero-order valence-corrected chi connectivity index (χ0v) is 13.9. The number of hydrogen-bond donors (Lipinski definition) is 2. The van der Waals surface area contributed by atoms with Gasteiger partial charge in [0.2, 0.25) is 0 Å². The zero-order chi connectivity index (χ0) is 14.9. The quantitative estimate of drug-likeness (QED) is 0.761. The molecule has 1 saturated carbocycles. The molecule has 1 saturated heterocycles. The van der Waals surface area contributed by atoms with Crippen molar-refractivity contribution in [2.75, 3.05) is 26.3 Å². The summed E-state index contributed by atoms with van der Waals surface area (Å²) in [5.41, 5.74) is 0. The summed E-state index contributed by atoms with van der Waals surface area (Å²) in [5.74, 6) is 0.608. The number of nitrogens with zero attached hydrogens (tertiary/aromatic N) is 1. The zero-order valence-electron chi connectivity index (χ0n) is 11.5. The Morgan fingerprint density at radius 1 is 1.33 bits per heavy atom. The number of ether oxygens (including phenoxy) is 1. The molecule has 1 aliphatic heterocycles. The van der Waals surface area contributed by atoms with E-state index in [2.05, 4.69) is 26.1 Å². The van der Waals surface area contributed by atoms with E-state index in [1.165, 1.54) is 12.8 Å². The van der Waals surface area contributed by atoms with Crippen molar-refractivity contribution in [2.24, 2.45) is 0 Å². The van der Waals surface area contributed by atoms with Crippen LogP contribution >= 0.6 is 15.9 Å². The Morgan fingerprint density at radius 2 is 2.05 bits per heavy atom. The summed E-state index contributed by atoms with van der Waals surface area (Å²) >= 11 is 3.18. The summed E-state index contributed by atoms with van der Waals surface area (Å²) in [6, 6.07) is 2.10. The monoisotopic (exact) mass is 379 g/mol. The Bertz CT molecular complexity index is 594. The van der Waals surface area contributed by atoms with Gasteiger partial charge in [0.05, 0.1) is 19.8 Å². The van der Waals surface area contributed by atoms with E-state index in [4.69, 9.17) is 9.15 Å². The first-order valence-electron chi connectivity index (χ1n) is 6.91. The first-order valence-corrected chi connectivity index (χ1v) is 9.19. The molecule has 7 nitrogen and oxygen atoms in total. The molecule has 118 valence electrons. The normalized spacial score (nSPS) is 20.8. The molecule has 1 aliphatic carbocycles. The van der Waals surface area contributed by atoms with Crippen molar-refractivity contribution in [3.8, 4) is 0 Å². The molecule has 0 amide bonds. The van der Waals surface area contributed by atoms with E-state index >= 15 is 0 Å². The number of halogens is 1. The molecule has 0 unspecified atom stereocenters. The molecule has 0 atom stereocenters. The minimum absolute atomic E-state index is 0.126. The highest BCUT2D eigenvalue weighted by molar-refractivity contribution is 9.10. The predicted molar refractivity (Wildman–Crippen MR) is 79.0 cm³/mol. The van der Waals surface area contributed by atoms with Crippen LogP contribution in [0.25, 0.3) is 0 Å². The predicted octanol–water partition coefficient (Wildman–Crippen LogP) is 0.820. The molecular formula is C12H18BrN3O4S. The van der Waals surface area contributed by atoms with Crippen molar-refractivity contribution in [1.82, 2.24) is 15.2 Å². The number of hydrazine groups is 1. The highest BCUT2D eigenvalue weighted by Gasteiger charge is 2.26. The van der Waals surface area contributed by atoms with Gasteiger partial charge in [-0.05, 0) is 28.8 Å². The number of rotatable bonds is 6. The average Bonchev–Trinajstić information content (AvgIpc) is 3.19. The van der Waals surface area contributed by atoms with Crippen LogP contribution in [0.2, 0.25) is 0 Å². The Morgan fingerprint density at radius 3 is 2.71 bits per heavy atom. The third-order valence-electron chi connectivity index (χ3n) is 3.40. The van der Waals surface area contributed by atoms with Gasteiger partial charge in [-0.3, -0.25) is 0 Å². The fourth-order valence-electron chi connectivity index (χ4n) is 2.07. The summed E-state index contributed by atoms with van der Waals surface area (Å²) in [6.45, 7) is 2.64. The van der Waals surface area contributed by atoms with Crippen LogP contribution in [0.5, 0.6) is 0 Å². The molecule has 1 aromatic heterocycles. The largest absolute Gasteiger partial charge is 0.452 e. The highest BCUT2D eigenvalue weighted by Crippen LogP contribution is 2.27. The van der Waals surface area contributed by atoms with E-state index in [-0.39, 0.29) is 9.56 Å². The summed E-state index contributed by atoms with van der Waals surface area (Å²) in [5, 5.41) is 4.93. The molecule has 2 heterocycles. The second-order valence-electron chi connectivity index (χ2n) is 5.20. The summed E-state index contributed by atoms with van der Waals surface area (Å²) in [6.07, 6.45) is 2.34. The van der Waals surface area contributed by atoms with Crippen molar-refractivity contribution in [2.45, 2.75) is 30.3 Å². The smallest absolute Gasteiger partial charge is 0.257 e. The maximum Gasteiger partial charge on any atom is 0.257 e. The molecule has 0 aromatic carbocycles. The van der Waals surface area contributed by atoms with Crippen LogP contribution in [0, 0.1) is 0 Å². The van der Waals surface area contributed by atoms with E-state index in [0.29, 0.717) is 44.7 Å². The van der Waals surface area contributed by atoms with Gasteiger partial charge < -0.3 is 14.5 Å². The second-order valence-corrected chi connectivity index (χ2v) is 7.55. The van der Waals surface area contributed by atoms with Gasteiger partial charge in [0.15, 0.2) is 4.67 Å². The van der Waals surface area contributed by atoms with Gasteiger partial charge in [0.1, 0.15) is 10.7 Å². The minimum Gasteiger partial charge on any atom is -0.452 e. The molecule has 0 bridgehead atoms. The molecule has 2 aliphatic rings. The van der Waals surface area contributed by atoms with Crippen LogP contribution in [0.4, 0.5) is 0 Å². The highest BCUT2D eigenvalue weighted by atomic mass is 79.9. The van der Waals surface area contributed by atoms with Gasteiger partial charge in [-0.2, -0.15) is 0 Å². The molecule has 9 heteroatoms. The Hall–Kier alpha value is -0.450. The standard InChI is InChI=1S/C12H18BrN3O4S/c13-12-11(7-10(20-12)8-14-9-1-2-9)21(17,18)15-16-3-5-19-6-4-16/h7,9,14-15H,1-6,8H2. The van der Waals surface area contributed by atoms with E-state index in [9.17, 15) is 8.42 Å². The second kappa shape index (κ2) is 6.35. The van der Waals surface area contributed by atoms with E-state index in [1.807, 2.05) is 0 Å². The lowest BCUT2D eigenvalue weighted by atomic mass is 10.4. The first-order chi connectivity index (χ1) is 10.0. The van der Waals surface area contributed by atoms with Gasteiger partial charge in [-0.1, -0.05) is 0 Å². The van der Waals surface area contributed by atoms with Crippen LogP contribution < -0.4 is 10.1 Å². The number of nitrogens with one attached hydrogen (secondary N) is 2. The van der Waals surface area contributed by atoms with Crippen molar-refractivity contribution < 1.29 is 17.6 Å². The van der Waals surface area contributed by atoms with Crippen molar-refractivity contribution in [1.29, 1.82) is 0 Å². The fourth-order valence-corrected chi connectivity index (χ4v) is 4.20.